The van der Waals surface area contributed by atoms with Crippen LogP contribution in [0.2, 0.25) is 0 Å². The summed E-state index contributed by atoms with van der Waals surface area (Å²) in [5.41, 5.74) is 21.9. The van der Waals surface area contributed by atoms with E-state index < -0.39 is 5.41 Å². The zero-order valence-electron chi connectivity index (χ0n) is 38.0. The molecule has 2 aliphatic rings. The molecule has 0 spiro atoms. The van der Waals surface area contributed by atoms with Gasteiger partial charge >= 0.3 is 0 Å². The molecule has 2 nitrogen and oxygen atoms in total. The van der Waals surface area contributed by atoms with E-state index in [0.29, 0.717) is 5.82 Å². The lowest BCUT2D eigenvalue weighted by Crippen LogP contribution is -2.28. The second-order valence-corrected chi connectivity index (χ2v) is 18.8. The minimum Gasteiger partial charge on any atom is -0.228 e. The van der Waals surface area contributed by atoms with E-state index in [9.17, 15) is 0 Å². The number of hydrogen-bond acceptors (Lipinski definition) is 2. The summed E-state index contributed by atoms with van der Waals surface area (Å²) >= 11 is 0. The van der Waals surface area contributed by atoms with Crippen LogP contribution in [-0.2, 0) is 10.8 Å². The highest BCUT2D eigenvalue weighted by molar-refractivity contribution is 5.99. The Bertz CT molecular complexity index is 3700. The SMILES string of the molecule is CC1(C)c2cc3ccccc3cc2-c2c(-c3ccc(-c4cc(-c5ccccc5-c5ccc6c(c5)C(c5ccccc5)(c5ccccc5)c5ccccc5-6)nc(-c5ccccc5)n4)cc3)cccc21. The molecule has 320 valence electrons. The fourth-order valence-corrected chi connectivity index (χ4v) is 11.6. The Balaban J connectivity index is 0.945. The molecule has 2 heteroatoms. The van der Waals surface area contributed by atoms with E-state index in [0.717, 1.165) is 39.2 Å². The Morgan fingerprint density at radius 2 is 0.824 bits per heavy atom. The number of rotatable bonds is 7. The fourth-order valence-electron chi connectivity index (χ4n) is 11.6. The summed E-state index contributed by atoms with van der Waals surface area (Å²) in [5.74, 6) is 0.695. The molecular formula is C66H46N2. The van der Waals surface area contributed by atoms with Crippen molar-refractivity contribution in [2.24, 2.45) is 0 Å². The molecular weight excluding hydrogens is 821 g/mol. The minimum absolute atomic E-state index is 0.107. The van der Waals surface area contributed by atoms with Crippen LogP contribution in [0.1, 0.15) is 47.2 Å². The van der Waals surface area contributed by atoms with Crippen LogP contribution >= 0.6 is 0 Å². The third kappa shape index (κ3) is 6.11. The maximum atomic E-state index is 5.36. The van der Waals surface area contributed by atoms with Crippen molar-refractivity contribution in [3.8, 4) is 78.4 Å². The van der Waals surface area contributed by atoms with Crippen LogP contribution < -0.4 is 0 Å². The minimum atomic E-state index is -0.498. The van der Waals surface area contributed by atoms with Gasteiger partial charge in [0, 0.05) is 22.1 Å². The van der Waals surface area contributed by atoms with Crippen molar-refractivity contribution in [2.45, 2.75) is 24.7 Å². The van der Waals surface area contributed by atoms with E-state index in [1.807, 2.05) is 6.07 Å². The number of nitrogens with zero attached hydrogens (tertiary/aromatic N) is 2. The van der Waals surface area contributed by atoms with Crippen molar-refractivity contribution in [2.75, 3.05) is 0 Å². The normalized spacial score (nSPS) is 13.7. The lowest BCUT2D eigenvalue weighted by Gasteiger charge is -2.34. The van der Waals surface area contributed by atoms with Crippen LogP contribution in [0.3, 0.4) is 0 Å². The number of benzene rings is 10. The predicted molar refractivity (Wildman–Crippen MR) is 282 cm³/mol. The summed E-state index contributed by atoms with van der Waals surface area (Å²) in [5, 5.41) is 2.55. The molecule has 68 heavy (non-hydrogen) atoms. The molecule has 0 radical (unpaired) electrons. The quantitative estimate of drug-likeness (QED) is 0.159. The zero-order chi connectivity index (χ0) is 45.4. The topological polar surface area (TPSA) is 25.8 Å². The van der Waals surface area contributed by atoms with Gasteiger partial charge in [0.05, 0.1) is 16.8 Å². The second kappa shape index (κ2) is 15.6. The summed E-state index contributed by atoms with van der Waals surface area (Å²) in [6.45, 7) is 4.72. The van der Waals surface area contributed by atoms with E-state index in [1.54, 1.807) is 0 Å². The van der Waals surface area contributed by atoms with Gasteiger partial charge in [-0.25, -0.2) is 9.97 Å². The number of hydrogen-bond donors (Lipinski definition) is 0. The van der Waals surface area contributed by atoms with E-state index in [4.69, 9.17) is 9.97 Å². The van der Waals surface area contributed by atoms with Crippen LogP contribution in [0.4, 0.5) is 0 Å². The molecule has 0 saturated carbocycles. The van der Waals surface area contributed by atoms with Gasteiger partial charge in [0.2, 0.25) is 0 Å². The highest BCUT2D eigenvalue weighted by atomic mass is 14.9. The van der Waals surface area contributed by atoms with Gasteiger partial charge in [0.15, 0.2) is 5.82 Å². The highest BCUT2D eigenvalue weighted by Gasteiger charge is 2.46. The average molecular weight is 867 g/mol. The first-order valence-corrected chi connectivity index (χ1v) is 23.6. The second-order valence-electron chi connectivity index (χ2n) is 18.8. The van der Waals surface area contributed by atoms with E-state index in [2.05, 4.69) is 250 Å². The molecule has 1 aromatic heterocycles. The molecule has 1 heterocycles. The third-order valence-electron chi connectivity index (χ3n) is 14.8. The average Bonchev–Trinajstić information content (AvgIpc) is 3.83. The van der Waals surface area contributed by atoms with Gasteiger partial charge in [-0.15, -0.1) is 0 Å². The van der Waals surface area contributed by atoms with Crippen molar-refractivity contribution in [1.82, 2.24) is 9.97 Å². The first kappa shape index (κ1) is 39.9. The lowest BCUT2D eigenvalue weighted by molar-refractivity contribution is 0.661. The Kier molecular flexibility index (Phi) is 9.13. The summed E-state index contributed by atoms with van der Waals surface area (Å²) in [6, 6.07) is 88.6. The summed E-state index contributed by atoms with van der Waals surface area (Å²) in [6.07, 6.45) is 0. The summed E-state index contributed by atoms with van der Waals surface area (Å²) in [7, 11) is 0. The van der Waals surface area contributed by atoms with Crippen LogP contribution in [0, 0.1) is 0 Å². The van der Waals surface area contributed by atoms with Crippen molar-refractivity contribution in [1.29, 1.82) is 0 Å². The molecule has 0 aliphatic heterocycles. The Labute approximate surface area is 398 Å². The molecule has 0 atom stereocenters. The summed E-state index contributed by atoms with van der Waals surface area (Å²) in [4.78, 5) is 10.6. The Morgan fingerprint density at radius 1 is 0.294 bits per heavy atom. The molecule has 2 aliphatic carbocycles. The predicted octanol–water partition coefficient (Wildman–Crippen LogP) is 16.6. The van der Waals surface area contributed by atoms with Crippen LogP contribution in [0.25, 0.3) is 89.2 Å². The van der Waals surface area contributed by atoms with Gasteiger partial charge in [-0.3, -0.25) is 0 Å². The Hall–Kier alpha value is -8.46. The molecule has 0 unspecified atom stereocenters. The number of fused-ring (bicyclic) bond motifs is 7. The molecule has 11 aromatic rings. The van der Waals surface area contributed by atoms with Crippen LogP contribution in [-0.4, -0.2) is 9.97 Å². The van der Waals surface area contributed by atoms with Crippen molar-refractivity contribution in [3.05, 3.63) is 276 Å². The highest BCUT2D eigenvalue weighted by Crippen LogP contribution is 2.57. The maximum absolute atomic E-state index is 5.36. The van der Waals surface area contributed by atoms with E-state index in [1.165, 1.54) is 77.5 Å². The molecule has 0 amide bonds. The van der Waals surface area contributed by atoms with Crippen LogP contribution in [0.5, 0.6) is 0 Å². The molecule has 10 aromatic carbocycles. The van der Waals surface area contributed by atoms with Crippen molar-refractivity contribution < 1.29 is 0 Å². The van der Waals surface area contributed by atoms with Gasteiger partial charge in [-0.2, -0.15) is 0 Å². The standard InChI is InChI=1S/C66H46N2/c1-65(2)58-32-18-30-52(63(58)56-39-46-21-12-13-22-47(46)40-59(56)65)43-33-35-44(36-34-43)61-42-62(68-64(67-61)45-19-6-3-7-20-45)55-29-15-14-27-51(55)48-37-38-54-53-28-16-17-31-57(53)66(60(54)41-48,49-23-8-4-9-24-49)50-25-10-5-11-26-50/h3-42H,1-2H3. The first-order chi connectivity index (χ1) is 33.5. The monoisotopic (exact) mass is 866 g/mol. The Morgan fingerprint density at radius 3 is 1.54 bits per heavy atom. The molecule has 13 rings (SSSR count). The smallest absolute Gasteiger partial charge is 0.160 e. The van der Waals surface area contributed by atoms with E-state index in [-0.39, 0.29) is 5.41 Å². The summed E-state index contributed by atoms with van der Waals surface area (Å²) < 4.78 is 0. The van der Waals surface area contributed by atoms with Crippen LogP contribution in [0.15, 0.2) is 243 Å². The molecule has 0 fully saturated rings. The lowest BCUT2D eigenvalue weighted by atomic mass is 9.67. The van der Waals surface area contributed by atoms with Gasteiger partial charge in [0.25, 0.3) is 0 Å². The number of aromatic nitrogens is 2. The molecule has 0 bridgehead atoms. The zero-order valence-corrected chi connectivity index (χ0v) is 38.0. The maximum Gasteiger partial charge on any atom is 0.160 e. The van der Waals surface area contributed by atoms with Crippen molar-refractivity contribution >= 4 is 10.8 Å². The van der Waals surface area contributed by atoms with Gasteiger partial charge in [-0.05, 0) is 113 Å². The molecule has 0 saturated heterocycles. The van der Waals surface area contributed by atoms with Gasteiger partial charge < -0.3 is 0 Å². The third-order valence-corrected chi connectivity index (χ3v) is 14.8. The van der Waals surface area contributed by atoms with Crippen molar-refractivity contribution in [3.63, 3.8) is 0 Å². The van der Waals surface area contributed by atoms with Gasteiger partial charge in [-0.1, -0.05) is 232 Å². The van der Waals surface area contributed by atoms with Gasteiger partial charge in [0.1, 0.15) is 0 Å². The molecule has 0 N–H and O–H groups in total. The fraction of sp³-hybridized carbons (Fsp3) is 0.0606. The first-order valence-electron chi connectivity index (χ1n) is 23.6. The largest absolute Gasteiger partial charge is 0.228 e. The van der Waals surface area contributed by atoms with E-state index >= 15 is 0 Å².